The van der Waals surface area contributed by atoms with Crippen LogP contribution in [0.4, 0.5) is 0 Å². The molecule has 2 aliphatic rings. The molecule has 0 fully saturated rings. The molecule has 0 nitrogen and oxygen atoms in total. The maximum atomic E-state index is 3.90. The first-order chi connectivity index (χ1) is 24.0. The van der Waals surface area contributed by atoms with Crippen molar-refractivity contribution in [2.45, 2.75) is 97.6 Å². The van der Waals surface area contributed by atoms with Gasteiger partial charge < -0.3 is 24.8 Å². The van der Waals surface area contributed by atoms with Crippen LogP contribution in [-0.4, -0.2) is 9.52 Å². The molecule has 0 N–H and O–H groups in total. The van der Waals surface area contributed by atoms with Crippen LogP contribution in [-0.2, 0) is 43.5 Å². The first-order valence-corrected chi connectivity index (χ1v) is 20.5. The second kappa shape index (κ2) is 17.0. The average Bonchev–Trinajstić information content (AvgIpc) is 3.65. The van der Waals surface area contributed by atoms with Crippen LogP contribution in [0, 0.1) is 6.07 Å². The standard InChI is InChI=1S/C47H45.C2H6Si.2ClH.Zr/c1-8-14-30-27-41-37(40-26-29-15-9-10-16-33(29)35-17-11-12-18-36(35)40)19-13-20-39(41)44(30)45-42-28-31-25-32(46(2,3)4)21-22-34(31)38(42)23-24-43(45)47(5,6)7;1-3-2;;;/h9-13,15-23,25-27,44H,8,14,28H2,1-7H3;1-2H3;2*1H;/q-1;;;;+3/p-2. The van der Waals surface area contributed by atoms with Crippen molar-refractivity contribution in [3.8, 4) is 22.3 Å². The summed E-state index contributed by atoms with van der Waals surface area (Å²) in [5.41, 5.74) is 17.2. The van der Waals surface area contributed by atoms with E-state index < -0.39 is 0 Å². The summed E-state index contributed by atoms with van der Waals surface area (Å²) in [5, 5.41) is 5.26. The summed E-state index contributed by atoms with van der Waals surface area (Å²) in [6.07, 6.45) is 5.77. The minimum atomic E-state index is -0.0258. The zero-order valence-corrected chi connectivity index (χ0v) is 37.7. The smallest absolute Gasteiger partial charge is 1.00 e. The Morgan fingerprint density at radius 1 is 0.698 bits per heavy atom. The molecule has 8 rings (SSSR count). The molecule has 0 bridgehead atoms. The van der Waals surface area contributed by atoms with Crippen molar-refractivity contribution in [1.82, 2.24) is 0 Å². The van der Waals surface area contributed by atoms with Gasteiger partial charge in [-0.05, 0) is 90.6 Å². The molecule has 0 aromatic heterocycles. The number of hydrogen-bond acceptors (Lipinski definition) is 0. The second-order valence-corrected chi connectivity index (χ2v) is 17.4. The van der Waals surface area contributed by atoms with Gasteiger partial charge in [0.05, 0.1) is 0 Å². The molecule has 0 amide bonds. The van der Waals surface area contributed by atoms with E-state index in [9.17, 15) is 0 Å². The molecule has 2 aliphatic carbocycles. The minimum absolute atomic E-state index is 0. The first kappa shape index (κ1) is 43.0. The van der Waals surface area contributed by atoms with Gasteiger partial charge in [0.15, 0.2) is 0 Å². The van der Waals surface area contributed by atoms with Crippen LogP contribution in [0.2, 0.25) is 13.1 Å². The molecular weight excluding hydrogens is 779 g/mol. The average molecular weight is 830 g/mol. The van der Waals surface area contributed by atoms with Crippen molar-refractivity contribution in [2.24, 2.45) is 0 Å². The summed E-state index contributed by atoms with van der Waals surface area (Å²) in [4.78, 5) is 0. The second-order valence-electron chi connectivity index (χ2n) is 16.4. The Kier molecular flexibility index (Phi) is 13.8. The van der Waals surface area contributed by atoms with Crippen molar-refractivity contribution in [3.05, 3.63) is 148 Å². The maximum Gasteiger partial charge on any atom is 3.00 e. The number of benzene rings is 6. The van der Waals surface area contributed by atoms with E-state index in [1.807, 2.05) is 0 Å². The molecule has 1 unspecified atom stereocenters. The quantitative estimate of drug-likeness (QED) is 0.0969. The predicted molar refractivity (Wildman–Crippen MR) is 220 cm³/mol. The largest absolute Gasteiger partial charge is 3.00 e. The van der Waals surface area contributed by atoms with Crippen molar-refractivity contribution in [2.75, 3.05) is 0 Å². The van der Waals surface area contributed by atoms with Gasteiger partial charge >= 0.3 is 26.2 Å². The number of rotatable bonds is 4. The van der Waals surface area contributed by atoms with Gasteiger partial charge in [0.1, 0.15) is 0 Å². The van der Waals surface area contributed by atoms with Gasteiger partial charge in [0.25, 0.3) is 0 Å². The van der Waals surface area contributed by atoms with E-state index in [0.717, 1.165) is 28.8 Å². The van der Waals surface area contributed by atoms with Gasteiger partial charge in [-0.25, -0.2) is 0 Å². The fraction of sp³-hybridized carbons (Fsp3) is 0.306. The van der Waals surface area contributed by atoms with Crippen LogP contribution in [0.15, 0.2) is 103 Å². The molecule has 4 heteroatoms. The van der Waals surface area contributed by atoms with Crippen molar-refractivity contribution in [1.29, 1.82) is 0 Å². The van der Waals surface area contributed by atoms with E-state index in [-0.39, 0.29) is 67.8 Å². The molecule has 0 saturated carbocycles. The van der Waals surface area contributed by atoms with Crippen LogP contribution < -0.4 is 24.8 Å². The third-order valence-corrected chi connectivity index (χ3v) is 10.7. The normalized spacial score (nSPS) is 14.1. The molecular formula is C49H51Cl2SiZr. The number of halogens is 2. The predicted octanol–water partition coefficient (Wildman–Crippen LogP) is 7.75. The SMILES string of the molecule is CCCC1=Cc2c(-c3cc4ccccc4c4ccccc34)cccc2C1c1c(C(C)(C)C)[c-]cc2c1Cc1cc(C(C)(C)C)ccc1-2.C[Si]C.[Cl-].[Cl-].[Zr+3]. The van der Waals surface area contributed by atoms with Gasteiger partial charge in [0, 0.05) is 9.52 Å². The molecule has 0 saturated heterocycles. The molecule has 0 spiro atoms. The monoisotopic (exact) mass is 827 g/mol. The fourth-order valence-corrected chi connectivity index (χ4v) is 8.46. The summed E-state index contributed by atoms with van der Waals surface area (Å²) >= 11 is 0. The Bertz CT molecular complexity index is 2290. The molecule has 1 atom stereocenters. The third kappa shape index (κ3) is 7.87. The van der Waals surface area contributed by atoms with Crippen LogP contribution in [0.1, 0.15) is 106 Å². The van der Waals surface area contributed by atoms with Crippen molar-refractivity contribution in [3.63, 3.8) is 0 Å². The number of allylic oxidation sites excluding steroid dienone is 1. The minimum Gasteiger partial charge on any atom is -1.00 e. The maximum absolute atomic E-state index is 3.90. The van der Waals surface area contributed by atoms with Crippen LogP contribution in [0.25, 0.3) is 49.9 Å². The number of hydrogen-bond donors (Lipinski definition) is 0. The Morgan fingerprint density at radius 2 is 1.36 bits per heavy atom. The third-order valence-electron chi connectivity index (χ3n) is 10.7. The van der Waals surface area contributed by atoms with Gasteiger partial charge in [-0.15, -0.1) is 16.7 Å². The van der Waals surface area contributed by atoms with E-state index in [1.165, 1.54) is 82.7 Å². The molecule has 6 aromatic rings. The van der Waals surface area contributed by atoms with E-state index in [1.54, 1.807) is 5.57 Å². The summed E-state index contributed by atoms with van der Waals surface area (Å²) in [6, 6.07) is 40.7. The van der Waals surface area contributed by atoms with Crippen molar-refractivity contribution >= 4 is 37.1 Å². The summed E-state index contributed by atoms with van der Waals surface area (Å²) < 4.78 is 0. The Morgan fingerprint density at radius 3 is 2.02 bits per heavy atom. The Labute approximate surface area is 353 Å². The van der Waals surface area contributed by atoms with Crippen molar-refractivity contribution < 1.29 is 51.0 Å². The van der Waals surface area contributed by atoms with E-state index in [2.05, 4.69) is 171 Å². The van der Waals surface area contributed by atoms with Gasteiger partial charge in [-0.3, -0.25) is 0 Å². The summed E-state index contributed by atoms with van der Waals surface area (Å²) in [6.45, 7) is 20.7. The number of fused-ring (bicyclic) bond motifs is 7. The first-order valence-electron chi connectivity index (χ1n) is 18.5. The molecule has 0 heterocycles. The van der Waals surface area contributed by atoms with Crippen LogP contribution in [0.3, 0.4) is 0 Å². The zero-order valence-electron chi connectivity index (χ0n) is 32.8. The Hall–Kier alpha value is -2.74. The Balaban J connectivity index is 0.00000101. The topological polar surface area (TPSA) is 0 Å². The van der Waals surface area contributed by atoms with E-state index in [0.29, 0.717) is 0 Å². The van der Waals surface area contributed by atoms with E-state index in [4.69, 9.17) is 0 Å². The molecule has 3 radical (unpaired) electrons. The van der Waals surface area contributed by atoms with Crippen LogP contribution >= 0.6 is 0 Å². The summed E-state index contributed by atoms with van der Waals surface area (Å²) in [7, 11) is 1.08. The summed E-state index contributed by atoms with van der Waals surface area (Å²) in [5.74, 6) is 0.230. The molecule has 53 heavy (non-hydrogen) atoms. The molecule has 6 aromatic carbocycles. The van der Waals surface area contributed by atoms with Gasteiger partial charge in [-0.2, -0.15) is 17.7 Å². The van der Waals surface area contributed by atoms with E-state index >= 15 is 0 Å². The van der Waals surface area contributed by atoms with Crippen LogP contribution in [0.5, 0.6) is 0 Å². The fourth-order valence-electron chi connectivity index (χ4n) is 8.46. The molecule has 269 valence electrons. The van der Waals surface area contributed by atoms with Gasteiger partial charge in [-0.1, -0.05) is 170 Å². The molecule has 0 aliphatic heterocycles. The zero-order chi connectivity index (χ0) is 35.4. The van der Waals surface area contributed by atoms with Gasteiger partial charge in [0.2, 0.25) is 0 Å².